The maximum Gasteiger partial charge on any atom is 0.273 e. The Bertz CT molecular complexity index is 607. The van der Waals surface area contributed by atoms with Crippen molar-refractivity contribution in [1.82, 2.24) is 20.1 Å². The van der Waals surface area contributed by atoms with Gasteiger partial charge in [-0.15, -0.1) is 11.3 Å². The van der Waals surface area contributed by atoms with Crippen LogP contribution in [0.4, 0.5) is 0 Å². The fourth-order valence-electron chi connectivity index (χ4n) is 3.88. The molecular weight excluding hydrogens is 324 g/mol. The van der Waals surface area contributed by atoms with Crippen molar-refractivity contribution in [2.45, 2.75) is 32.6 Å². The van der Waals surface area contributed by atoms with Gasteiger partial charge < -0.3 is 10.2 Å². The quantitative estimate of drug-likeness (QED) is 0.898. The van der Waals surface area contributed by atoms with Crippen LogP contribution >= 0.6 is 11.3 Å². The minimum absolute atomic E-state index is 0.0744. The van der Waals surface area contributed by atoms with Crippen LogP contribution in [-0.4, -0.2) is 66.4 Å². The molecule has 6 nitrogen and oxygen atoms in total. The highest BCUT2D eigenvalue weighted by Gasteiger charge is 2.40. The van der Waals surface area contributed by atoms with Crippen molar-refractivity contribution >= 4 is 23.2 Å². The van der Waals surface area contributed by atoms with Gasteiger partial charge in [0.25, 0.3) is 5.91 Å². The van der Waals surface area contributed by atoms with E-state index in [1.807, 2.05) is 17.2 Å². The van der Waals surface area contributed by atoms with E-state index in [1.165, 1.54) is 17.8 Å². The Morgan fingerprint density at radius 1 is 1.29 bits per heavy atom. The summed E-state index contributed by atoms with van der Waals surface area (Å²) in [7, 11) is 1.68. The van der Waals surface area contributed by atoms with Crippen molar-refractivity contribution in [2.75, 3.05) is 39.8 Å². The van der Waals surface area contributed by atoms with Crippen LogP contribution in [0.25, 0.3) is 0 Å². The molecule has 3 heterocycles. The summed E-state index contributed by atoms with van der Waals surface area (Å²) in [6, 6.07) is 0. The molecule has 1 spiro atoms. The number of likely N-dealkylation sites (N-methyl/N-ethyl adjacent to an activating group) is 1. The molecule has 0 aliphatic carbocycles. The summed E-state index contributed by atoms with van der Waals surface area (Å²) in [5, 5.41) is 5.49. The molecule has 0 unspecified atom stereocenters. The summed E-state index contributed by atoms with van der Waals surface area (Å²) in [6.45, 7) is 5.94. The summed E-state index contributed by atoms with van der Waals surface area (Å²) >= 11 is 1.53. The van der Waals surface area contributed by atoms with Gasteiger partial charge in [-0.25, -0.2) is 4.98 Å². The molecule has 0 aromatic carbocycles. The van der Waals surface area contributed by atoms with E-state index in [2.05, 4.69) is 15.2 Å². The highest BCUT2D eigenvalue weighted by atomic mass is 32.1. The van der Waals surface area contributed by atoms with Gasteiger partial charge in [0.2, 0.25) is 5.91 Å². The number of nitrogens with zero attached hydrogens (tertiary/aromatic N) is 3. The third-order valence-corrected chi connectivity index (χ3v) is 6.12. The molecule has 2 aliphatic heterocycles. The number of aryl methyl sites for hydroxylation is 1. The first kappa shape index (κ1) is 17.4. The molecule has 3 rings (SSSR count). The van der Waals surface area contributed by atoms with Crippen molar-refractivity contribution in [3.05, 3.63) is 16.1 Å². The van der Waals surface area contributed by atoms with Crippen LogP contribution in [-0.2, 0) is 4.79 Å². The zero-order valence-corrected chi connectivity index (χ0v) is 15.3. The van der Waals surface area contributed by atoms with Crippen LogP contribution in [0.1, 0.15) is 41.2 Å². The van der Waals surface area contributed by atoms with Gasteiger partial charge in [-0.1, -0.05) is 0 Å². The molecule has 1 aromatic rings. The smallest absolute Gasteiger partial charge is 0.273 e. The summed E-state index contributed by atoms with van der Waals surface area (Å²) in [5.41, 5.74) is 0.810. The van der Waals surface area contributed by atoms with Crippen LogP contribution in [0.5, 0.6) is 0 Å². The zero-order chi connectivity index (χ0) is 17.2. The monoisotopic (exact) mass is 350 g/mol. The van der Waals surface area contributed by atoms with Crippen LogP contribution in [0.15, 0.2) is 5.38 Å². The lowest BCUT2D eigenvalue weighted by molar-refractivity contribution is -0.122. The van der Waals surface area contributed by atoms with Gasteiger partial charge in [0, 0.05) is 25.5 Å². The van der Waals surface area contributed by atoms with Crippen molar-refractivity contribution in [3.63, 3.8) is 0 Å². The predicted octanol–water partition coefficient (Wildman–Crippen LogP) is 1.52. The molecule has 0 bridgehead atoms. The van der Waals surface area contributed by atoms with E-state index in [4.69, 9.17) is 0 Å². The van der Waals surface area contributed by atoms with E-state index in [9.17, 15) is 9.59 Å². The molecule has 0 radical (unpaired) electrons. The number of likely N-dealkylation sites (tertiary alicyclic amines) is 2. The molecule has 7 heteroatoms. The highest BCUT2D eigenvalue weighted by molar-refractivity contribution is 7.09. The van der Waals surface area contributed by atoms with E-state index >= 15 is 0 Å². The number of rotatable bonds is 3. The lowest BCUT2D eigenvalue weighted by Gasteiger charge is -2.47. The second kappa shape index (κ2) is 7.19. The number of nitrogens with one attached hydrogen (secondary N) is 1. The van der Waals surface area contributed by atoms with E-state index in [0.717, 1.165) is 50.4 Å². The van der Waals surface area contributed by atoms with Gasteiger partial charge in [0.1, 0.15) is 5.69 Å². The minimum Gasteiger partial charge on any atom is -0.358 e. The topological polar surface area (TPSA) is 65.5 Å². The van der Waals surface area contributed by atoms with Crippen molar-refractivity contribution in [2.24, 2.45) is 5.41 Å². The number of carbonyl (C=O) groups excluding carboxylic acids is 2. The van der Waals surface area contributed by atoms with Crippen LogP contribution < -0.4 is 5.32 Å². The Balaban J connectivity index is 1.59. The highest BCUT2D eigenvalue weighted by Crippen LogP contribution is 2.40. The third kappa shape index (κ3) is 3.78. The number of hydrogen-bond acceptors (Lipinski definition) is 5. The lowest BCUT2D eigenvalue weighted by Crippen LogP contribution is -2.52. The van der Waals surface area contributed by atoms with Crippen molar-refractivity contribution < 1.29 is 9.59 Å². The van der Waals surface area contributed by atoms with Gasteiger partial charge in [0.15, 0.2) is 0 Å². The predicted molar refractivity (Wildman–Crippen MR) is 94.2 cm³/mol. The Morgan fingerprint density at radius 2 is 2.04 bits per heavy atom. The first-order valence-corrected chi connectivity index (χ1v) is 9.54. The molecule has 1 N–H and O–H groups in total. The van der Waals surface area contributed by atoms with Gasteiger partial charge in [-0.2, -0.15) is 0 Å². The Hall–Kier alpha value is -1.47. The van der Waals surface area contributed by atoms with Crippen LogP contribution in [0, 0.1) is 12.3 Å². The number of carbonyl (C=O) groups is 2. The average Bonchev–Trinajstić information content (AvgIpc) is 3.03. The number of amides is 2. The first-order chi connectivity index (χ1) is 11.5. The standard InChI is InChI=1S/C17H26N4O2S/c1-13-19-14(11-24-13)16(23)21-7-3-4-17(12-21)5-8-20(9-6-17)10-15(22)18-2/h11H,3-10,12H2,1-2H3,(H,18,22). The SMILES string of the molecule is CNC(=O)CN1CCC2(CCCN(C(=O)c3csc(C)n3)C2)CC1. The van der Waals surface area contributed by atoms with E-state index in [1.54, 1.807) is 7.05 Å². The summed E-state index contributed by atoms with van der Waals surface area (Å²) in [6.07, 6.45) is 4.36. The van der Waals surface area contributed by atoms with E-state index < -0.39 is 0 Å². The molecule has 0 saturated carbocycles. The Morgan fingerprint density at radius 3 is 2.67 bits per heavy atom. The molecule has 2 fully saturated rings. The maximum atomic E-state index is 12.7. The molecule has 2 amide bonds. The summed E-state index contributed by atoms with van der Waals surface area (Å²) in [5.74, 6) is 0.150. The zero-order valence-electron chi connectivity index (χ0n) is 14.5. The first-order valence-electron chi connectivity index (χ1n) is 8.66. The Labute approximate surface area is 147 Å². The van der Waals surface area contributed by atoms with Gasteiger partial charge in [0.05, 0.1) is 11.6 Å². The number of thiazole rings is 1. The van der Waals surface area contributed by atoms with Crippen LogP contribution in [0.3, 0.4) is 0 Å². The second-order valence-electron chi connectivity index (χ2n) is 7.03. The van der Waals surface area contributed by atoms with Crippen LogP contribution in [0.2, 0.25) is 0 Å². The van der Waals surface area contributed by atoms with Gasteiger partial charge in [-0.3, -0.25) is 14.5 Å². The molecule has 24 heavy (non-hydrogen) atoms. The van der Waals surface area contributed by atoms with Gasteiger partial charge >= 0.3 is 0 Å². The number of aromatic nitrogens is 1. The number of hydrogen-bond donors (Lipinski definition) is 1. The second-order valence-corrected chi connectivity index (χ2v) is 8.09. The minimum atomic E-state index is 0.0744. The summed E-state index contributed by atoms with van der Waals surface area (Å²) < 4.78 is 0. The molecule has 2 saturated heterocycles. The van der Waals surface area contributed by atoms with E-state index in [-0.39, 0.29) is 17.2 Å². The molecule has 0 atom stereocenters. The molecule has 1 aromatic heterocycles. The Kier molecular flexibility index (Phi) is 5.20. The fourth-order valence-corrected chi connectivity index (χ4v) is 4.47. The molecule has 132 valence electrons. The van der Waals surface area contributed by atoms with E-state index in [0.29, 0.717) is 12.2 Å². The third-order valence-electron chi connectivity index (χ3n) is 5.35. The number of piperidine rings is 2. The lowest BCUT2D eigenvalue weighted by atomic mass is 9.72. The normalized spacial score (nSPS) is 21.0. The maximum absolute atomic E-state index is 12.7. The van der Waals surface area contributed by atoms with Crippen molar-refractivity contribution in [3.8, 4) is 0 Å². The summed E-state index contributed by atoms with van der Waals surface area (Å²) in [4.78, 5) is 32.8. The average molecular weight is 350 g/mol. The fraction of sp³-hybridized carbons (Fsp3) is 0.706. The molecule has 2 aliphatic rings. The molecular formula is C17H26N4O2S. The van der Waals surface area contributed by atoms with Crippen molar-refractivity contribution in [1.29, 1.82) is 0 Å². The van der Waals surface area contributed by atoms with Gasteiger partial charge in [-0.05, 0) is 51.1 Å². The largest absolute Gasteiger partial charge is 0.358 e.